The number of hydrogen-bond acceptors (Lipinski definition) is 4. The minimum absolute atomic E-state index is 0.00709. The Labute approximate surface area is 134 Å². The molecule has 1 atom stereocenters. The normalized spacial score (nSPS) is 23.8. The van der Waals surface area contributed by atoms with E-state index in [1.54, 1.807) is 6.92 Å². The van der Waals surface area contributed by atoms with Crippen molar-refractivity contribution in [2.75, 3.05) is 26.3 Å². The van der Waals surface area contributed by atoms with Gasteiger partial charge in [-0.2, -0.15) is 0 Å². The van der Waals surface area contributed by atoms with Gasteiger partial charge in [-0.1, -0.05) is 0 Å². The lowest BCUT2D eigenvalue weighted by Crippen LogP contribution is -2.51. The molecule has 1 saturated carbocycles. The van der Waals surface area contributed by atoms with Gasteiger partial charge in [0.1, 0.15) is 5.69 Å². The van der Waals surface area contributed by atoms with E-state index >= 15 is 0 Å². The number of alkyl halides is 2. The molecule has 7 heteroatoms. The van der Waals surface area contributed by atoms with Crippen molar-refractivity contribution in [3.8, 4) is 0 Å². The lowest BCUT2D eigenvalue weighted by molar-refractivity contribution is -0.122. The van der Waals surface area contributed by atoms with E-state index in [9.17, 15) is 13.6 Å². The van der Waals surface area contributed by atoms with Gasteiger partial charge < -0.3 is 9.64 Å². The molecule has 2 fully saturated rings. The number of carbonyl (C=O) groups is 1. The molecule has 0 aromatic carbocycles. The van der Waals surface area contributed by atoms with Crippen LogP contribution in [0.2, 0.25) is 0 Å². The van der Waals surface area contributed by atoms with E-state index in [2.05, 4.69) is 9.97 Å². The SMILES string of the molecule is Cc1cnc(C(=O)N2CCC(F)(F)C(COCC3CC3)C2)cn1. The maximum atomic E-state index is 14.1. The van der Waals surface area contributed by atoms with E-state index in [-0.39, 0.29) is 37.7 Å². The maximum Gasteiger partial charge on any atom is 0.274 e. The molecule has 0 N–H and O–H groups in total. The van der Waals surface area contributed by atoms with E-state index in [1.807, 2.05) is 0 Å². The summed E-state index contributed by atoms with van der Waals surface area (Å²) in [7, 11) is 0. The number of rotatable bonds is 5. The molecule has 1 aliphatic heterocycles. The third-order valence-electron chi connectivity index (χ3n) is 4.41. The van der Waals surface area contributed by atoms with Crippen LogP contribution in [0.15, 0.2) is 12.4 Å². The zero-order valence-corrected chi connectivity index (χ0v) is 13.2. The molecule has 2 aliphatic rings. The molecule has 1 amide bonds. The van der Waals surface area contributed by atoms with Crippen LogP contribution in [0.4, 0.5) is 8.78 Å². The third kappa shape index (κ3) is 4.02. The van der Waals surface area contributed by atoms with Crippen molar-refractivity contribution in [2.45, 2.75) is 32.1 Å². The summed E-state index contributed by atoms with van der Waals surface area (Å²) in [5.74, 6) is -3.57. The smallest absolute Gasteiger partial charge is 0.274 e. The van der Waals surface area contributed by atoms with E-state index in [1.165, 1.54) is 17.3 Å². The summed E-state index contributed by atoms with van der Waals surface area (Å²) in [5, 5.41) is 0. The number of likely N-dealkylation sites (tertiary alicyclic amines) is 1. The fraction of sp³-hybridized carbons (Fsp3) is 0.688. The van der Waals surface area contributed by atoms with Gasteiger partial charge in [-0.15, -0.1) is 0 Å². The monoisotopic (exact) mass is 325 g/mol. The molecule has 1 unspecified atom stereocenters. The first kappa shape index (κ1) is 16.2. The lowest BCUT2D eigenvalue weighted by atomic mass is 9.94. The number of hydrogen-bond donors (Lipinski definition) is 0. The quantitative estimate of drug-likeness (QED) is 0.834. The Hall–Kier alpha value is -1.63. The Kier molecular flexibility index (Phi) is 4.57. The van der Waals surface area contributed by atoms with Gasteiger partial charge in [-0.05, 0) is 25.7 Å². The molecule has 126 valence electrons. The highest BCUT2D eigenvalue weighted by atomic mass is 19.3. The van der Waals surface area contributed by atoms with E-state index in [0.717, 1.165) is 12.8 Å². The number of amides is 1. The predicted molar refractivity (Wildman–Crippen MR) is 79.3 cm³/mol. The minimum Gasteiger partial charge on any atom is -0.381 e. The summed E-state index contributed by atoms with van der Waals surface area (Å²) < 4.78 is 33.5. The average molecular weight is 325 g/mol. The Morgan fingerprint density at radius 3 is 2.78 bits per heavy atom. The van der Waals surface area contributed by atoms with Crippen molar-refractivity contribution in [1.82, 2.24) is 14.9 Å². The molecule has 0 spiro atoms. The van der Waals surface area contributed by atoms with Gasteiger partial charge in [-0.25, -0.2) is 13.8 Å². The number of carbonyl (C=O) groups excluding carboxylic acids is 1. The summed E-state index contributed by atoms with van der Waals surface area (Å²) in [4.78, 5) is 21.9. The molecule has 1 aromatic heterocycles. The molecular formula is C16H21F2N3O2. The molecule has 2 heterocycles. The number of piperidine rings is 1. The van der Waals surface area contributed by atoms with Gasteiger partial charge in [-0.3, -0.25) is 9.78 Å². The van der Waals surface area contributed by atoms with Gasteiger partial charge in [0.2, 0.25) is 0 Å². The van der Waals surface area contributed by atoms with Crippen LogP contribution in [0.3, 0.4) is 0 Å². The molecule has 0 radical (unpaired) electrons. The van der Waals surface area contributed by atoms with E-state index in [0.29, 0.717) is 18.2 Å². The van der Waals surface area contributed by atoms with Crippen LogP contribution in [0.5, 0.6) is 0 Å². The van der Waals surface area contributed by atoms with Crippen LogP contribution in [0.25, 0.3) is 0 Å². The van der Waals surface area contributed by atoms with E-state index < -0.39 is 11.8 Å². The molecule has 1 saturated heterocycles. The molecule has 1 aromatic rings. The highest BCUT2D eigenvalue weighted by Crippen LogP contribution is 2.35. The number of halogens is 2. The Morgan fingerprint density at radius 1 is 1.35 bits per heavy atom. The van der Waals surface area contributed by atoms with Crippen LogP contribution in [-0.2, 0) is 4.74 Å². The molecule has 3 rings (SSSR count). The highest BCUT2D eigenvalue weighted by molar-refractivity contribution is 5.92. The standard InChI is InChI=1S/C16H21F2N3O2/c1-11-6-20-14(7-19-11)15(22)21-5-4-16(17,18)13(8-21)10-23-9-12-2-3-12/h6-7,12-13H,2-5,8-10H2,1H3. The Balaban J connectivity index is 1.61. The first-order chi connectivity index (χ1) is 11.0. The maximum absolute atomic E-state index is 14.1. The summed E-state index contributed by atoms with van der Waals surface area (Å²) in [6.07, 6.45) is 4.80. The zero-order valence-electron chi connectivity index (χ0n) is 13.2. The van der Waals surface area contributed by atoms with Crippen molar-refractivity contribution < 1.29 is 18.3 Å². The fourth-order valence-corrected chi connectivity index (χ4v) is 2.66. The van der Waals surface area contributed by atoms with Gasteiger partial charge in [0.25, 0.3) is 11.8 Å². The average Bonchev–Trinajstić information content (AvgIpc) is 3.33. The largest absolute Gasteiger partial charge is 0.381 e. The summed E-state index contributed by atoms with van der Waals surface area (Å²) in [6.45, 7) is 2.33. The Morgan fingerprint density at radius 2 is 2.13 bits per heavy atom. The topological polar surface area (TPSA) is 55.3 Å². The van der Waals surface area contributed by atoms with Crippen molar-refractivity contribution in [2.24, 2.45) is 11.8 Å². The second kappa shape index (κ2) is 6.47. The van der Waals surface area contributed by atoms with Crippen LogP contribution < -0.4 is 0 Å². The summed E-state index contributed by atoms with van der Waals surface area (Å²) in [6, 6.07) is 0. The second-order valence-electron chi connectivity index (χ2n) is 6.48. The fourth-order valence-electron chi connectivity index (χ4n) is 2.66. The van der Waals surface area contributed by atoms with Gasteiger partial charge in [0, 0.05) is 32.3 Å². The summed E-state index contributed by atoms with van der Waals surface area (Å²) >= 11 is 0. The van der Waals surface area contributed by atoms with Crippen molar-refractivity contribution >= 4 is 5.91 Å². The number of ether oxygens (including phenoxy) is 1. The first-order valence-electron chi connectivity index (χ1n) is 7.99. The molecule has 0 bridgehead atoms. The van der Waals surface area contributed by atoms with Crippen LogP contribution in [-0.4, -0.2) is 53.0 Å². The van der Waals surface area contributed by atoms with Crippen LogP contribution in [0, 0.1) is 18.8 Å². The van der Waals surface area contributed by atoms with Crippen molar-refractivity contribution in [1.29, 1.82) is 0 Å². The predicted octanol–water partition coefficient (Wildman–Crippen LogP) is 2.31. The highest BCUT2D eigenvalue weighted by Gasteiger charge is 2.45. The molecule has 5 nitrogen and oxygen atoms in total. The lowest BCUT2D eigenvalue weighted by Gasteiger charge is -2.38. The van der Waals surface area contributed by atoms with Crippen molar-refractivity contribution in [3.63, 3.8) is 0 Å². The minimum atomic E-state index is -2.79. The molecule has 23 heavy (non-hydrogen) atoms. The van der Waals surface area contributed by atoms with Gasteiger partial charge >= 0.3 is 0 Å². The van der Waals surface area contributed by atoms with Crippen LogP contribution >= 0.6 is 0 Å². The second-order valence-corrected chi connectivity index (χ2v) is 6.48. The number of aromatic nitrogens is 2. The van der Waals surface area contributed by atoms with E-state index in [4.69, 9.17) is 4.74 Å². The number of aryl methyl sites for hydroxylation is 1. The number of nitrogens with zero attached hydrogens (tertiary/aromatic N) is 3. The Bertz CT molecular complexity index is 561. The van der Waals surface area contributed by atoms with Gasteiger partial charge in [0.05, 0.1) is 24.4 Å². The first-order valence-corrected chi connectivity index (χ1v) is 7.99. The van der Waals surface area contributed by atoms with Crippen molar-refractivity contribution in [3.05, 3.63) is 23.8 Å². The summed E-state index contributed by atoms with van der Waals surface area (Å²) in [5.41, 5.74) is 0.900. The zero-order chi connectivity index (χ0) is 16.4. The molecule has 1 aliphatic carbocycles. The van der Waals surface area contributed by atoms with Gasteiger partial charge in [0.15, 0.2) is 0 Å². The molecular weight excluding hydrogens is 304 g/mol. The third-order valence-corrected chi connectivity index (χ3v) is 4.41. The van der Waals surface area contributed by atoms with Crippen LogP contribution in [0.1, 0.15) is 35.4 Å².